The van der Waals surface area contributed by atoms with E-state index in [9.17, 15) is 0 Å². The van der Waals surface area contributed by atoms with E-state index in [1.54, 1.807) is 0 Å². The van der Waals surface area contributed by atoms with Crippen molar-refractivity contribution in [1.82, 2.24) is 5.43 Å². The third-order valence-corrected chi connectivity index (χ3v) is 1.85. The van der Waals surface area contributed by atoms with Crippen molar-refractivity contribution in [2.24, 2.45) is 10.8 Å². The van der Waals surface area contributed by atoms with Gasteiger partial charge in [-0.1, -0.05) is 30.3 Å². The molecule has 0 spiro atoms. The molecule has 0 aliphatic rings. The first kappa shape index (κ1) is 11.6. The molecule has 4 N–H and O–H groups in total. The maximum Gasteiger partial charge on any atom is 0.184 e. The van der Waals surface area contributed by atoms with Crippen LogP contribution in [0, 0.1) is 0 Å². The molecule has 80 valence electrons. The molecule has 1 rings (SSSR count). The Morgan fingerprint density at radius 1 is 1.40 bits per heavy atom. The van der Waals surface area contributed by atoms with E-state index in [1.807, 2.05) is 30.3 Å². The molecule has 0 atom stereocenters. The third kappa shape index (κ3) is 4.05. The normalized spacial score (nSPS) is 11.1. The summed E-state index contributed by atoms with van der Waals surface area (Å²) in [5.74, 6) is 0. The second-order valence-corrected chi connectivity index (χ2v) is 3.31. The summed E-state index contributed by atoms with van der Waals surface area (Å²) in [5, 5.41) is 13.0. The van der Waals surface area contributed by atoms with Crippen LogP contribution in [0.3, 0.4) is 0 Å². The van der Waals surface area contributed by atoms with E-state index < -0.39 is 0 Å². The standard InChI is InChI=1S/C10H13N3OS/c11-10(15)13-12-9(6-7-14)8-4-2-1-3-5-8/h1-5,14H,6-7H2,(H3,11,13,15). The topological polar surface area (TPSA) is 70.6 Å². The first-order valence-electron chi connectivity index (χ1n) is 4.52. The van der Waals surface area contributed by atoms with Crippen LogP contribution in [0.5, 0.6) is 0 Å². The highest BCUT2D eigenvalue weighted by Crippen LogP contribution is 2.03. The number of nitrogens with one attached hydrogen (secondary N) is 1. The van der Waals surface area contributed by atoms with Crippen LogP contribution in [0.2, 0.25) is 0 Å². The number of thiocarbonyl (C=S) groups is 1. The summed E-state index contributed by atoms with van der Waals surface area (Å²) in [6.45, 7) is 0.0345. The molecule has 15 heavy (non-hydrogen) atoms. The number of hydrazone groups is 1. The largest absolute Gasteiger partial charge is 0.396 e. The van der Waals surface area contributed by atoms with Gasteiger partial charge in [-0.25, -0.2) is 0 Å². The molecule has 0 heterocycles. The lowest BCUT2D eigenvalue weighted by Crippen LogP contribution is -2.26. The summed E-state index contributed by atoms with van der Waals surface area (Å²) in [6, 6.07) is 9.55. The molecular formula is C10H13N3OS. The van der Waals surface area contributed by atoms with Crippen LogP contribution in [0.15, 0.2) is 35.4 Å². The summed E-state index contributed by atoms with van der Waals surface area (Å²) in [6.07, 6.45) is 0.458. The number of hydrogen-bond donors (Lipinski definition) is 3. The van der Waals surface area contributed by atoms with Gasteiger partial charge in [-0.15, -0.1) is 0 Å². The van der Waals surface area contributed by atoms with Crippen molar-refractivity contribution in [3.05, 3.63) is 35.9 Å². The average molecular weight is 223 g/mol. The number of nitrogens with zero attached hydrogens (tertiary/aromatic N) is 1. The van der Waals surface area contributed by atoms with Gasteiger partial charge in [0.25, 0.3) is 0 Å². The lowest BCUT2D eigenvalue weighted by Gasteiger charge is -2.05. The molecule has 0 saturated heterocycles. The first-order valence-corrected chi connectivity index (χ1v) is 4.93. The van der Waals surface area contributed by atoms with Crippen LogP contribution >= 0.6 is 12.2 Å². The van der Waals surface area contributed by atoms with Crippen molar-refractivity contribution in [3.8, 4) is 0 Å². The van der Waals surface area contributed by atoms with Gasteiger partial charge >= 0.3 is 0 Å². The van der Waals surface area contributed by atoms with Crippen molar-refractivity contribution in [2.75, 3.05) is 6.61 Å². The van der Waals surface area contributed by atoms with Gasteiger partial charge in [-0.3, -0.25) is 5.43 Å². The molecule has 0 aliphatic heterocycles. The minimum Gasteiger partial charge on any atom is -0.396 e. The van der Waals surface area contributed by atoms with Gasteiger partial charge in [0.2, 0.25) is 0 Å². The summed E-state index contributed by atoms with van der Waals surface area (Å²) < 4.78 is 0. The lowest BCUT2D eigenvalue weighted by molar-refractivity contribution is 0.307. The van der Waals surface area contributed by atoms with Gasteiger partial charge in [0.05, 0.1) is 5.71 Å². The zero-order valence-corrected chi connectivity index (χ0v) is 9.00. The Kier molecular flexibility index (Phi) is 4.73. The highest BCUT2D eigenvalue weighted by Gasteiger charge is 2.02. The van der Waals surface area contributed by atoms with Gasteiger partial charge in [-0.05, 0) is 17.8 Å². The van der Waals surface area contributed by atoms with Crippen molar-refractivity contribution in [2.45, 2.75) is 6.42 Å². The molecule has 1 aromatic rings. The first-order chi connectivity index (χ1) is 7.24. The van der Waals surface area contributed by atoms with E-state index in [2.05, 4.69) is 22.7 Å². The maximum absolute atomic E-state index is 8.89. The number of hydrogen-bond acceptors (Lipinski definition) is 3. The Hall–Kier alpha value is -1.46. The van der Waals surface area contributed by atoms with Crippen molar-refractivity contribution < 1.29 is 5.11 Å². The van der Waals surface area contributed by atoms with Crippen molar-refractivity contribution in [3.63, 3.8) is 0 Å². The van der Waals surface area contributed by atoms with Gasteiger partial charge < -0.3 is 10.8 Å². The Morgan fingerprint density at radius 2 is 2.07 bits per heavy atom. The SMILES string of the molecule is NC(=S)NN=C(CCO)c1ccccc1. The number of benzene rings is 1. The van der Waals surface area contributed by atoms with Crippen LogP contribution in [-0.2, 0) is 0 Å². The zero-order valence-electron chi connectivity index (χ0n) is 8.18. The molecule has 4 nitrogen and oxygen atoms in total. The van der Waals surface area contributed by atoms with E-state index in [0.29, 0.717) is 6.42 Å². The van der Waals surface area contributed by atoms with Crippen LogP contribution in [0.4, 0.5) is 0 Å². The second kappa shape index (κ2) is 6.10. The van der Waals surface area contributed by atoms with Crippen LogP contribution < -0.4 is 11.2 Å². The van der Waals surface area contributed by atoms with Crippen LogP contribution in [-0.4, -0.2) is 22.5 Å². The van der Waals surface area contributed by atoms with Crippen LogP contribution in [0.1, 0.15) is 12.0 Å². The van der Waals surface area contributed by atoms with E-state index in [-0.39, 0.29) is 11.7 Å². The van der Waals surface area contributed by atoms with E-state index in [0.717, 1.165) is 11.3 Å². The molecule has 0 unspecified atom stereocenters. The molecule has 5 heteroatoms. The number of aliphatic hydroxyl groups excluding tert-OH is 1. The molecule has 0 amide bonds. The summed E-state index contributed by atoms with van der Waals surface area (Å²) >= 11 is 4.65. The smallest absolute Gasteiger partial charge is 0.184 e. The predicted molar refractivity (Wildman–Crippen MR) is 64.6 cm³/mol. The van der Waals surface area contributed by atoms with Gasteiger partial charge in [0.15, 0.2) is 5.11 Å². The summed E-state index contributed by atoms with van der Waals surface area (Å²) in [4.78, 5) is 0. The monoisotopic (exact) mass is 223 g/mol. The Bertz CT molecular complexity index is 351. The molecular weight excluding hydrogens is 210 g/mol. The Morgan fingerprint density at radius 3 is 2.60 bits per heavy atom. The fourth-order valence-electron chi connectivity index (χ4n) is 1.12. The van der Waals surface area contributed by atoms with E-state index in [4.69, 9.17) is 10.8 Å². The number of rotatable bonds is 4. The van der Waals surface area contributed by atoms with Crippen LogP contribution in [0.25, 0.3) is 0 Å². The van der Waals surface area contributed by atoms with Crippen molar-refractivity contribution in [1.29, 1.82) is 0 Å². The minimum atomic E-state index is 0.0345. The third-order valence-electron chi connectivity index (χ3n) is 1.76. The minimum absolute atomic E-state index is 0.0345. The van der Waals surface area contributed by atoms with Gasteiger partial charge in [0.1, 0.15) is 0 Å². The quantitative estimate of drug-likeness (QED) is 0.397. The summed E-state index contributed by atoms with van der Waals surface area (Å²) in [5.41, 5.74) is 9.45. The predicted octanol–water partition coefficient (Wildman–Crippen LogP) is 0.606. The Balaban J connectivity index is 2.83. The number of aliphatic hydroxyl groups is 1. The molecule has 0 aromatic heterocycles. The Labute approximate surface area is 93.8 Å². The maximum atomic E-state index is 8.89. The highest BCUT2D eigenvalue weighted by atomic mass is 32.1. The average Bonchev–Trinajstić information content (AvgIpc) is 2.25. The molecule has 0 aliphatic carbocycles. The molecule has 0 bridgehead atoms. The number of nitrogens with two attached hydrogens (primary N) is 1. The molecule has 0 radical (unpaired) electrons. The van der Waals surface area contributed by atoms with Gasteiger partial charge in [-0.2, -0.15) is 5.10 Å². The van der Waals surface area contributed by atoms with Gasteiger partial charge in [0, 0.05) is 13.0 Å². The highest BCUT2D eigenvalue weighted by molar-refractivity contribution is 7.80. The van der Waals surface area contributed by atoms with Crippen molar-refractivity contribution >= 4 is 23.0 Å². The fraction of sp³-hybridized carbons (Fsp3) is 0.200. The molecule has 1 aromatic carbocycles. The zero-order chi connectivity index (χ0) is 11.1. The molecule has 0 saturated carbocycles. The summed E-state index contributed by atoms with van der Waals surface area (Å²) in [7, 11) is 0. The fourth-order valence-corrected chi connectivity index (χ4v) is 1.17. The van der Waals surface area contributed by atoms with E-state index >= 15 is 0 Å². The van der Waals surface area contributed by atoms with E-state index in [1.165, 1.54) is 0 Å². The molecule has 0 fully saturated rings. The second-order valence-electron chi connectivity index (χ2n) is 2.87. The lowest BCUT2D eigenvalue weighted by atomic mass is 10.1.